The molecule has 6 nitrogen and oxygen atoms in total. The van der Waals surface area contributed by atoms with Gasteiger partial charge in [0.1, 0.15) is 5.75 Å². The van der Waals surface area contributed by atoms with Crippen molar-refractivity contribution in [3.63, 3.8) is 0 Å². The van der Waals surface area contributed by atoms with E-state index in [1.54, 1.807) is 23.1 Å². The maximum atomic E-state index is 12.3. The van der Waals surface area contributed by atoms with E-state index in [0.29, 0.717) is 26.2 Å². The summed E-state index contributed by atoms with van der Waals surface area (Å²) in [6.45, 7) is 6.64. The number of piperidine rings is 1. The molecule has 1 aliphatic heterocycles. The molecule has 6 heteroatoms. The second-order valence-corrected chi connectivity index (χ2v) is 5.71. The number of hydrogen-bond acceptors (Lipinski definition) is 3. The second-order valence-electron chi connectivity index (χ2n) is 5.71. The van der Waals surface area contributed by atoms with Crippen molar-refractivity contribution in [2.45, 2.75) is 32.7 Å². The molecule has 0 atom stereocenters. The summed E-state index contributed by atoms with van der Waals surface area (Å²) in [6, 6.07) is 6.61. The molecule has 0 aromatic heterocycles. The quantitative estimate of drug-likeness (QED) is 0.892. The number of nitrogens with one attached hydrogen (secondary N) is 1. The van der Waals surface area contributed by atoms with Crippen molar-refractivity contribution >= 4 is 11.9 Å². The summed E-state index contributed by atoms with van der Waals surface area (Å²) in [7, 11) is 0. The summed E-state index contributed by atoms with van der Waals surface area (Å²) in [6.07, 6.45) is 1.46. The number of carbonyl (C=O) groups excluding carboxylic acids is 2. The molecule has 126 valence electrons. The number of benzene rings is 1. The van der Waals surface area contributed by atoms with E-state index in [2.05, 4.69) is 5.32 Å². The summed E-state index contributed by atoms with van der Waals surface area (Å²) in [4.78, 5) is 28.1. The Hall–Kier alpha value is -2.24. The summed E-state index contributed by atoms with van der Waals surface area (Å²) in [5, 5.41) is 12.7. The Bertz CT molecular complexity index is 550. The fourth-order valence-corrected chi connectivity index (χ4v) is 2.84. The van der Waals surface area contributed by atoms with Crippen molar-refractivity contribution in [1.29, 1.82) is 0 Å². The number of urea groups is 1. The standard InChI is InChI=1S/C17H25N3O3/c1-3-19(4-2)17(23)20-11-9-13(10-12-20)18-16(22)14-7-5-6-8-15(14)21/h5-8,13,21H,3-4,9-12H2,1-2H3,(H,18,22). The van der Waals surface area contributed by atoms with E-state index in [0.717, 1.165) is 12.8 Å². The highest BCUT2D eigenvalue weighted by molar-refractivity contribution is 5.96. The first-order chi connectivity index (χ1) is 11.1. The molecule has 3 amide bonds. The molecule has 1 aliphatic rings. The van der Waals surface area contributed by atoms with Gasteiger partial charge in [-0.2, -0.15) is 0 Å². The molecule has 1 heterocycles. The lowest BCUT2D eigenvalue weighted by atomic mass is 10.0. The molecule has 1 fully saturated rings. The van der Waals surface area contributed by atoms with Crippen LogP contribution in [0.25, 0.3) is 0 Å². The van der Waals surface area contributed by atoms with Crippen LogP contribution in [0.3, 0.4) is 0 Å². The molecule has 23 heavy (non-hydrogen) atoms. The number of likely N-dealkylation sites (tertiary alicyclic amines) is 1. The molecule has 0 aliphatic carbocycles. The highest BCUT2D eigenvalue weighted by Crippen LogP contribution is 2.17. The Balaban J connectivity index is 1.86. The number of nitrogens with zero attached hydrogens (tertiary/aromatic N) is 2. The predicted molar refractivity (Wildman–Crippen MR) is 88.5 cm³/mol. The van der Waals surface area contributed by atoms with Gasteiger partial charge in [-0.05, 0) is 38.8 Å². The van der Waals surface area contributed by atoms with Crippen LogP contribution >= 0.6 is 0 Å². The fraction of sp³-hybridized carbons (Fsp3) is 0.529. The minimum Gasteiger partial charge on any atom is -0.507 e. The average molecular weight is 319 g/mol. The van der Waals surface area contributed by atoms with E-state index in [-0.39, 0.29) is 29.3 Å². The number of phenols is 1. The molecular formula is C17H25N3O3. The zero-order valence-electron chi connectivity index (χ0n) is 13.8. The third-order valence-electron chi connectivity index (χ3n) is 4.28. The minimum atomic E-state index is -0.267. The highest BCUT2D eigenvalue weighted by atomic mass is 16.3. The molecular weight excluding hydrogens is 294 g/mol. The molecule has 2 rings (SSSR count). The predicted octanol–water partition coefficient (Wildman–Crippen LogP) is 2.05. The zero-order valence-corrected chi connectivity index (χ0v) is 13.8. The van der Waals surface area contributed by atoms with Crippen molar-refractivity contribution in [2.24, 2.45) is 0 Å². The SMILES string of the molecule is CCN(CC)C(=O)N1CCC(NC(=O)c2ccccc2O)CC1. The lowest BCUT2D eigenvalue weighted by Gasteiger charge is -2.35. The molecule has 0 bridgehead atoms. The van der Waals surface area contributed by atoms with Crippen molar-refractivity contribution < 1.29 is 14.7 Å². The smallest absolute Gasteiger partial charge is 0.319 e. The van der Waals surface area contributed by atoms with Gasteiger partial charge in [-0.25, -0.2) is 4.79 Å². The van der Waals surface area contributed by atoms with Crippen LogP contribution < -0.4 is 5.32 Å². The van der Waals surface area contributed by atoms with Gasteiger partial charge in [0, 0.05) is 32.2 Å². The van der Waals surface area contributed by atoms with Gasteiger partial charge in [-0.1, -0.05) is 12.1 Å². The summed E-state index contributed by atoms with van der Waals surface area (Å²) in [5.74, 6) is -0.282. The van der Waals surface area contributed by atoms with Crippen LogP contribution in [0.2, 0.25) is 0 Å². The second kappa shape index (κ2) is 7.85. The largest absolute Gasteiger partial charge is 0.507 e. The molecule has 2 N–H and O–H groups in total. The Labute approximate surface area is 137 Å². The molecule has 0 spiro atoms. The van der Waals surface area contributed by atoms with E-state index in [9.17, 15) is 14.7 Å². The molecule has 0 radical (unpaired) electrons. The first-order valence-corrected chi connectivity index (χ1v) is 8.19. The van der Waals surface area contributed by atoms with Crippen LogP contribution in [0.5, 0.6) is 5.75 Å². The average Bonchev–Trinajstić information content (AvgIpc) is 2.57. The summed E-state index contributed by atoms with van der Waals surface area (Å²) >= 11 is 0. The van der Waals surface area contributed by atoms with Crippen LogP contribution in [-0.4, -0.2) is 59.1 Å². The van der Waals surface area contributed by atoms with Gasteiger partial charge in [0.25, 0.3) is 5.91 Å². The monoisotopic (exact) mass is 319 g/mol. The normalized spacial score (nSPS) is 15.3. The summed E-state index contributed by atoms with van der Waals surface area (Å²) in [5.41, 5.74) is 0.286. The number of rotatable bonds is 4. The van der Waals surface area contributed by atoms with Crippen molar-refractivity contribution in [3.8, 4) is 5.75 Å². The van der Waals surface area contributed by atoms with Gasteiger partial charge in [0.2, 0.25) is 0 Å². The van der Waals surface area contributed by atoms with E-state index >= 15 is 0 Å². The third kappa shape index (κ3) is 4.15. The molecule has 0 unspecified atom stereocenters. The van der Waals surface area contributed by atoms with Crippen molar-refractivity contribution in [1.82, 2.24) is 15.1 Å². The van der Waals surface area contributed by atoms with E-state index in [4.69, 9.17) is 0 Å². The van der Waals surface area contributed by atoms with E-state index in [1.165, 1.54) is 6.07 Å². The van der Waals surface area contributed by atoms with Gasteiger partial charge >= 0.3 is 6.03 Å². The van der Waals surface area contributed by atoms with Crippen molar-refractivity contribution in [2.75, 3.05) is 26.2 Å². The highest BCUT2D eigenvalue weighted by Gasteiger charge is 2.26. The van der Waals surface area contributed by atoms with Crippen LogP contribution in [0.15, 0.2) is 24.3 Å². The van der Waals surface area contributed by atoms with E-state index in [1.807, 2.05) is 18.7 Å². The van der Waals surface area contributed by atoms with Crippen LogP contribution in [0, 0.1) is 0 Å². The Morgan fingerprint density at radius 3 is 2.39 bits per heavy atom. The maximum absolute atomic E-state index is 12.3. The molecule has 0 saturated carbocycles. The Morgan fingerprint density at radius 2 is 1.83 bits per heavy atom. The molecule has 1 aromatic carbocycles. The fourth-order valence-electron chi connectivity index (χ4n) is 2.84. The van der Waals surface area contributed by atoms with Gasteiger partial charge in [-0.15, -0.1) is 0 Å². The van der Waals surface area contributed by atoms with Gasteiger partial charge < -0.3 is 20.2 Å². The lowest BCUT2D eigenvalue weighted by molar-refractivity contribution is 0.0909. The van der Waals surface area contributed by atoms with Crippen LogP contribution in [-0.2, 0) is 0 Å². The first-order valence-electron chi connectivity index (χ1n) is 8.19. The maximum Gasteiger partial charge on any atom is 0.319 e. The summed E-state index contributed by atoms with van der Waals surface area (Å²) < 4.78 is 0. The van der Waals surface area contributed by atoms with Gasteiger partial charge in [0.05, 0.1) is 5.56 Å². The number of phenolic OH excluding ortho intramolecular Hbond substituents is 1. The number of para-hydroxylation sites is 1. The van der Waals surface area contributed by atoms with Crippen LogP contribution in [0.4, 0.5) is 4.79 Å². The lowest BCUT2D eigenvalue weighted by Crippen LogP contribution is -2.50. The number of amides is 3. The zero-order chi connectivity index (χ0) is 16.8. The first kappa shape index (κ1) is 17.1. The third-order valence-corrected chi connectivity index (χ3v) is 4.28. The van der Waals surface area contributed by atoms with Crippen LogP contribution in [0.1, 0.15) is 37.0 Å². The van der Waals surface area contributed by atoms with Gasteiger partial charge in [0.15, 0.2) is 0 Å². The van der Waals surface area contributed by atoms with Gasteiger partial charge in [-0.3, -0.25) is 4.79 Å². The number of hydrogen-bond donors (Lipinski definition) is 2. The molecule has 1 saturated heterocycles. The Kier molecular flexibility index (Phi) is 5.84. The number of carbonyl (C=O) groups is 2. The number of aromatic hydroxyl groups is 1. The van der Waals surface area contributed by atoms with Crippen molar-refractivity contribution in [3.05, 3.63) is 29.8 Å². The topological polar surface area (TPSA) is 72.9 Å². The Morgan fingerprint density at radius 1 is 1.22 bits per heavy atom. The minimum absolute atomic E-state index is 0.0147. The van der Waals surface area contributed by atoms with E-state index < -0.39 is 0 Å². The molecule has 1 aromatic rings.